The van der Waals surface area contributed by atoms with E-state index in [2.05, 4.69) is 72.1 Å². The van der Waals surface area contributed by atoms with Crippen molar-refractivity contribution in [1.82, 2.24) is 4.57 Å². The van der Waals surface area contributed by atoms with Gasteiger partial charge in [-0.05, 0) is 53.6 Å². The van der Waals surface area contributed by atoms with Crippen molar-refractivity contribution in [2.24, 2.45) is 7.05 Å². The van der Waals surface area contributed by atoms with E-state index in [1.807, 2.05) is 0 Å². The van der Waals surface area contributed by atoms with Gasteiger partial charge in [0.25, 0.3) is 0 Å². The fourth-order valence-electron chi connectivity index (χ4n) is 3.51. The Labute approximate surface area is 148 Å². The second kappa shape index (κ2) is 6.06. The van der Waals surface area contributed by atoms with Crippen LogP contribution in [0.5, 0.6) is 0 Å². The topological polar surface area (TPSA) is 8.17 Å². The first-order valence-electron chi connectivity index (χ1n) is 8.66. The second-order valence-electron chi connectivity index (χ2n) is 6.66. The highest BCUT2D eigenvalue weighted by Crippen LogP contribution is 2.32. The third kappa shape index (κ3) is 2.53. The Kier molecular flexibility index (Phi) is 3.89. The molecule has 2 aromatic carbocycles. The maximum atomic E-state index is 5.80. The first-order valence-corrected chi connectivity index (χ1v) is 9.07. The number of benzene rings is 2. The van der Waals surface area contributed by atoms with Gasteiger partial charge in [-0.25, -0.2) is 0 Å². The quantitative estimate of drug-likeness (QED) is 0.605. The van der Waals surface area contributed by atoms with Crippen LogP contribution in [0.25, 0.3) is 10.9 Å². The van der Waals surface area contributed by atoms with Crippen LogP contribution < -0.4 is 4.90 Å². The van der Waals surface area contributed by atoms with Crippen molar-refractivity contribution in [3.05, 3.63) is 65.4 Å². The third-order valence-corrected chi connectivity index (χ3v) is 5.42. The molecule has 4 rings (SSSR count). The summed E-state index contributed by atoms with van der Waals surface area (Å²) in [6.07, 6.45) is 5.71. The molecule has 1 aromatic heterocycles. The number of unbranched alkanes of at least 4 members (excludes halogenated alkanes) is 1. The lowest BCUT2D eigenvalue weighted by Gasteiger charge is -2.18. The molecule has 0 amide bonds. The summed E-state index contributed by atoms with van der Waals surface area (Å²) in [5.41, 5.74) is 6.41. The summed E-state index contributed by atoms with van der Waals surface area (Å²) in [6, 6.07) is 15.6. The van der Waals surface area contributed by atoms with Crippen LogP contribution in [0.2, 0.25) is 0 Å². The average molecular weight is 334 g/mol. The molecule has 0 aliphatic carbocycles. The molecular weight excluding hydrogens is 312 g/mol. The SMILES string of the molecule is CCCCc1ccc2c(c1)C(=S)N(c1ccc3ccn(C)c3c1)C2. The lowest BCUT2D eigenvalue weighted by atomic mass is 10.0. The maximum absolute atomic E-state index is 5.80. The Bertz CT molecular complexity index is 923. The minimum Gasteiger partial charge on any atom is -0.350 e. The zero-order valence-corrected chi connectivity index (χ0v) is 15.1. The van der Waals surface area contributed by atoms with E-state index in [1.165, 1.54) is 46.1 Å². The molecule has 0 saturated heterocycles. The molecule has 2 nitrogen and oxygen atoms in total. The number of hydrogen-bond donors (Lipinski definition) is 0. The van der Waals surface area contributed by atoms with Gasteiger partial charge in [0.1, 0.15) is 4.99 Å². The molecule has 0 atom stereocenters. The monoisotopic (exact) mass is 334 g/mol. The van der Waals surface area contributed by atoms with Crippen molar-refractivity contribution in [1.29, 1.82) is 0 Å². The molecule has 0 fully saturated rings. The maximum Gasteiger partial charge on any atom is 0.114 e. The molecule has 0 saturated carbocycles. The highest BCUT2D eigenvalue weighted by Gasteiger charge is 2.25. The minimum atomic E-state index is 0.873. The highest BCUT2D eigenvalue weighted by atomic mass is 32.1. The highest BCUT2D eigenvalue weighted by molar-refractivity contribution is 7.81. The van der Waals surface area contributed by atoms with Gasteiger partial charge in [0.15, 0.2) is 0 Å². The Balaban J connectivity index is 1.67. The lowest BCUT2D eigenvalue weighted by molar-refractivity contribution is 0.795. The Hall–Kier alpha value is -2.13. The third-order valence-electron chi connectivity index (χ3n) is 4.98. The number of fused-ring (bicyclic) bond motifs is 2. The van der Waals surface area contributed by atoms with E-state index >= 15 is 0 Å². The molecule has 0 spiro atoms. The van der Waals surface area contributed by atoms with Crippen LogP contribution in [0, 0.1) is 0 Å². The fourth-order valence-corrected chi connectivity index (χ4v) is 3.87. The van der Waals surface area contributed by atoms with Crippen LogP contribution in [0.1, 0.15) is 36.5 Å². The molecule has 0 bridgehead atoms. The van der Waals surface area contributed by atoms with Gasteiger partial charge in [0.05, 0.1) is 0 Å². The Morgan fingerprint density at radius 2 is 1.96 bits per heavy atom. The summed E-state index contributed by atoms with van der Waals surface area (Å²) in [7, 11) is 2.09. The molecule has 1 aliphatic rings. The molecule has 3 aromatic rings. The normalized spacial score (nSPS) is 13.8. The lowest BCUT2D eigenvalue weighted by Crippen LogP contribution is -2.22. The fraction of sp³-hybridized carbons (Fsp3) is 0.286. The second-order valence-corrected chi connectivity index (χ2v) is 7.04. The number of aromatic nitrogens is 1. The van der Waals surface area contributed by atoms with Crippen LogP contribution in [0.15, 0.2) is 48.7 Å². The number of hydrogen-bond acceptors (Lipinski definition) is 1. The van der Waals surface area contributed by atoms with E-state index in [0.29, 0.717) is 0 Å². The van der Waals surface area contributed by atoms with Crippen LogP contribution >= 0.6 is 12.2 Å². The molecule has 0 N–H and O–H groups in total. The number of thiocarbonyl (C=S) groups is 1. The Morgan fingerprint density at radius 1 is 1.08 bits per heavy atom. The average Bonchev–Trinajstić information content (AvgIpc) is 3.13. The number of nitrogens with zero attached hydrogens (tertiary/aromatic N) is 2. The molecule has 1 aliphatic heterocycles. The Morgan fingerprint density at radius 3 is 2.79 bits per heavy atom. The number of rotatable bonds is 4. The van der Waals surface area contributed by atoms with Crippen molar-refractivity contribution in [2.75, 3.05) is 4.90 Å². The van der Waals surface area contributed by atoms with Crippen LogP contribution in [-0.4, -0.2) is 9.56 Å². The van der Waals surface area contributed by atoms with Gasteiger partial charge in [-0.15, -0.1) is 0 Å². The van der Waals surface area contributed by atoms with E-state index < -0.39 is 0 Å². The first-order chi connectivity index (χ1) is 11.7. The minimum absolute atomic E-state index is 0.873. The van der Waals surface area contributed by atoms with Crippen molar-refractivity contribution in [3.63, 3.8) is 0 Å². The summed E-state index contributed by atoms with van der Waals surface area (Å²) < 4.78 is 2.16. The number of aryl methyl sites for hydroxylation is 2. The van der Waals surface area contributed by atoms with Crippen LogP contribution in [0.3, 0.4) is 0 Å². The van der Waals surface area contributed by atoms with Crippen molar-refractivity contribution in [3.8, 4) is 0 Å². The molecule has 2 heterocycles. The molecule has 0 unspecified atom stereocenters. The zero-order valence-electron chi connectivity index (χ0n) is 14.2. The zero-order chi connectivity index (χ0) is 16.7. The smallest absolute Gasteiger partial charge is 0.114 e. The molecule has 3 heteroatoms. The van der Waals surface area contributed by atoms with Crippen LogP contribution in [0.4, 0.5) is 5.69 Å². The summed E-state index contributed by atoms with van der Waals surface area (Å²) >= 11 is 5.80. The largest absolute Gasteiger partial charge is 0.350 e. The van der Waals surface area contributed by atoms with Gasteiger partial charge in [-0.2, -0.15) is 0 Å². The van der Waals surface area contributed by atoms with Crippen molar-refractivity contribution < 1.29 is 0 Å². The van der Waals surface area contributed by atoms with E-state index in [-0.39, 0.29) is 0 Å². The predicted molar refractivity (Wildman–Crippen MR) is 106 cm³/mol. The van der Waals surface area contributed by atoms with Gasteiger partial charge in [0, 0.05) is 36.6 Å². The van der Waals surface area contributed by atoms with E-state index in [0.717, 1.165) is 18.0 Å². The molecule has 0 radical (unpaired) electrons. The number of anilines is 1. The van der Waals surface area contributed by atoms with Gasteiger partial charge in [0.2, 0.25) is 0 Å². The van der Waals surface area contributed by atoms with Crippen molar-refractivity contribution >= 4 is 33.8 Å². The van der Waals surface area contributed by atoms with Crippen LogP contribution in [-0.2, 0) is 20.0 Å². The van der Waals surface area contributed by atoms with E-state index in [1.54, 1.807) is 0 Å². The summed E-state index contributed by atoms with van der Waals surface area (Å²) in [5, 5.41) is 1.27. The first kappa shape index (κ1) is 15.4. The van der Waals surface area contributed by atoms with Gasteiger partial charge in [-0.1, -0.05) is 43.8 Å². The standard InChI is InChI=1S/C21H22N2S/c1-3-4-5-15-6-7-17-14-23(21(24)19(17)12-15)18-9-8-16-10-11-22(2)20(16)13-18/h6-13H,3-5,14H2,1-2H3. The van der Waals surface area contributed by atoms with E-state index in [9.17, 15) is 0 Å². The summed E-state index contributed by atoms with van der Waals surface area (Å²) in [5.74, 6) is 0. The van der Waals surface area contributed by atoms with Gasteiger partial charge in [-0.3, -0.25) is 0 Å². The summed E-state index contributed by atoms with van der Waals surface area (Å²) in [6.45, 7) is 3.11. The molecular formula is C21H22N2S. The molecule has 122 valence electrons. The van der Waals surface area contributed by atoms with Gasteiger partial charge < -0.3 is 9.47 Å². The predicted octanol–water partition coefficient (Wildman–Crippen LogP) is 5.22. The summed E-state index contributed by atoms with van der Waals surface area (Å²) in [4.78, 5) is 3.22. The van der Waals surface area contributed by atoms with Gasteiger partial charge >= 0.3 is 0 Å². The molecule has 24 heavy (non-hydrogen) atoms. The van der Waals surface area contributed by atoms with E-state index in [4.69, 9.17) is 12.2 Å². The van der Waals surface area contributed by atoms with Crippen molar-refractivity contribution in [2.45, 2.75) is 32.7 Å².